The molecule has 0 rings (SSSR count). The van der Waals surface area contributed by atoms with Gasteiger partial charge in [-0.3, -0.25) is 4.79 Å². The Labute approximate surface area is 66.6 Å². The van der Waals surface area contributed by atoms with E-state index >= 15 is 0 Å². The Morgan fingerprint density at radius 3 is 2.45 bits per heavy atom. The number of rotatable bonds is 3. The summed E-state index contributed by atoms with van der Waals surface area (Å²) in [6, 6.07) is 1.83. The minimum absolute atomic E-state index is 0.0434. The van der Waals surface area contributed by atoms with E-state index in [-0.39, 0.29) is 12.2 Å². The molecule has 0 aromatic rings. The highest BCUT2D eigenvalue weighted by atomic mass is 16.3. The van der Waals surface area contributed by atoms with Gasteiger partial charge in [-0.15, -0.1) is 0 Å². The van der Waals surface area contributed by atoms with Gasteiger partial charge in [-0.2, -0.15) is 5.26 Å². The van der Waals surface area contributed by atoms with Crippen LogP contribution < -0.4 is 0 Å². The second-order valence-corrected chi connectivity index (χ2v) is 3.31. The van der Waals surface area contributed by atoms with E-state index in [4.69, 9.17) is 5.26 Å². The van der Waals surface area contributed by atoms with E-state index in [2.05, 4.69) is 0 Å². The van der Waals surface area contributed by atoms with Crippen molar-refractivity contribution in [3.63, 3.8) is 0 Å². The van der Waals surface area contributed by atoms with Crippen molar-refractivity contribution in [2.24, 2.45) is 5.92 Å². The summed E-state index contributed by atoms with van der Waals surface area (Å²) in [5.74, 6) is -0.818. The maximum atomic E-state index is 11.0. The van der Waals surface area contributed by atoms with Crippen molar-refractivity contribution >= 4 is 5.78 Å². The van der Waals surface area contributed by atoms with Crippen LogP contribution in [0.3, 0.4) is 0 Å². The second-order valence-electron chi connectivity index (χ2n) is 3.31. The van der Waals surface area contributed by atoms with Gasteiger partial charge in [0.15, 0.2) is 5.78 Å². The predicted octanol–water partition coefficient (Wildman–Crippen LogP) is 0.876. The second kappa shape index (κ2) is 3.49. The first-order valence-corrected chi connectivity index (χ1v) is 3.51. The molecule has 62 valence electrons. The van der Waals surface area contributed by atoms with Gasteiger partial charge in [0, 0.05) is 6.42 Å². The normalized spacial score (nSPS) is 13.7. The van der Waals surface area contributed by atoms with Gasteiger partial charge in [0.25, 0.3) is 0 Å². The maximum Gasteiger partial charge on any atom is 0.152 e. The number of nitriles is 1. The Kier molecular flexibility index (Phi) is 3.21. The predicted molar refractivity (Wildman–Crippen MR) is 40.7 cm³/mol. The first-order chi connectivity index (χ1) is 4.87. The van der Waals surface area contributed by atoms with E-state index in [0.717, 1.165) is 0 Å². The smallest absolute Gasteiger partial charge is 0.152 e. The van der Waals surface area contributed by atoms with Crippen LogP contribution in [0.25, 0.3) is 0 Å². The summed E-state index contributed by atoms with van der Waals surface area (Å²) in [7, 11) is 0. The lowest BCUT2D eigenvalue weighted by molar-refractivity contribution is -0.124. The Bertz CT molecular complexity index is 185. The summed E-state index contributed by atoms with van der Waals surface area (Å²) in [4.78, 5) is 11.0. The zero-order chi connectivity index (χ0) is 9.07. The zero-order valence-electron chi connectivity index (χ0n) is 7.09. The topological polar surface area (TPSA) is 61.1 Å². The lowest BCUT2D eigenvalue weighted by atomic mass is 9.96. The van der Waals surface area contributed by atoms with Crippen molar-refractivity contribution in [2.45, 2.75) is 32.8 Å². The number of Topliss-reactive ketones (excluding diaryl/α,β-unsaturated/α-hetero) is 1. The molecule has 0 spiro atoms. The monoisotopic (exact) mass is 155 g/mol. The summed E-state index contributed by atoms with van der Waals surface area (Å²) in [5, 5.41) is 17.6. The molecule has 0 saturated carbocycles. The summed E-state index contributed by atoms with van der Waals surface area (Å²) >= 11 is 0. The quantitative estimate of drug-likeness (QED) is 0.658. The molecule has 0 saturated heterocycles. The highest BCUT2D eigenvalue weighted by Crippen LogP contribution is 2.11. The van der Waals surface area contributed by atoms with E-state index in [1.807, 2.05) is 6.07 Å². The molecule has 1 atom stereocenters. The van der Waals surface area contributed by atoms with Gasteiger partial charge in [0.2, 0.25) is 0 Å². The van der Waals surface area contributed by atoms with Crippen LogP contribution in [0, 0.1) is 17.2 Å². The zero-order valence-corrected chi connectivity index (χ0v) is 7.09. The average molecular weight is 155 g/mol. The Morgan fingerprint density at radius 2 is 2.18 bits per heavy atom. The van der Waals surface area contributed by atoms with Crippen LogP contribution in [0.1, 0.15) is 27.2 Å². The molecule has 0 aliphatic rings. The van der Waals surface area contributed by atoms with Crippen molar-refractivity contribution < 1.29 is 9.90 Å². The molecular weight excluding hydrogens is 142 g/mol. The van der Waals surface area contributed by atoms with E-state index in [1.54, 1.807) is 13.8 Å². The molecule has 3 nitrogen and oxygen atoms in total. The van der Waals surface area contributed by atoms with E-state index < -0.39 is 11.5 Å². The van der Waals surface area contributed by atoms with Crippen molar-refractivity contribution in [1.82, 2.24) is 0 Å². The first-order valence-electron chi connectivity index (χ1n) is 3.51. The molecule has 0 aliphatic heterocycles. The molecular formula is C8H13NO2. The molecule has 0 aromatic carbocycles. The highest BCUT2D eigenvalue weighted by Gasteiger charge is 2.21. The SMILES string of the molecule is C[C@H](C#N)C(=O)CC(C)(C)O. The largest absolute Gasteiger partial charge is 0.390 e. The molecule has 0 amide bonds. The van der Waals surface area contributed by atoms with E-state index in [0.29, 0.717) is 0 Å². The standard InChI is InChI=1S/C8H13NO2/c1-6(5-9)7(10)4-8(2,3)11/h6,11H,4H2,1-3H3/t6-/m1/s1. The van der Waals surface area contributed by atoms with Gasteiger partial charge in [-0.1, -0.05) is 0 Å². The van der Waals surface area contributed by atoms with Crippen LogP contribution in [0.5, 0.6) is 0 Å². The van der Waals surface area contributed by atoms with E-state index in [1.165, 1.54) is 6.92 Å². The molecule has 11 heavy (non-hydrogen) atoms. The number of ketones is 1. The van der Waals surface area contributed by atoms with Crippen molar-refractivity contribution in [3.8, 4) is 6.07 Å². The fourth-order valence-electron chi connectivity index (χ4n) is 0.651. The summed E-state index contributed by atoms with van der Waals surface area (Å²) in [5.41, 5.74) is -0.998. The maximum absolute atomic E-state index is 11.0. The van der Waals surface area contributed by atoms with Crippen molar-refractivity contribution in [2.75, 3.05) is 0 Å². The third-order valence-corrected chi connectivity index (χ3v) is 1.28. The van der Waals surface area contributed by atoms with Gasteiger partial charge in [-0.05, 0) is 20.8 Å². The van der Waals surface area contributed by atoms with Crippen LogP contribution in [0.15, 0.2) is 0 Å². The molecule has 0 bridgehead atoms. The number of carbonyl (C=O) groups is 1. The van der Waals surface area contributed by atoms with Gasteiger partial charge < -0.3 is 5.11 Å². The van der Waals surface area contributed by atoms with Gasteiger partial charge >= 0.3 is 0 Å². The lowest BCUT2D eigenvalue weighted by Gasteiger charge is -2.15. The number of nitrogens with zero attached hydrogens (tertiary/aromatic N) is 1. The van der Waals surface area contributed by atoms with Crippen LogP contribution in [-0.4, -0.2) is 16.5 Å². The summed E-state index contributed by atoms with van der Waals surface area (Å²) in [6.45, 7) is 4.64. The molecule has 3 heteroatoms. The summed E-state index contributed by atoms with van der Waals surface area (Å²) in [6.07, 6.45) is 0.0434. The number of aliphatic hydroxyl groups is 1. The van der Waals surface area contributed by atoms with Crippen LogP contribution >= 0.6 is 0 Å². The lowest BCUT2D eigenvalue weighted by Crippen LogP contribution is -2.26. The van der Waals surface area contributed by atoms with Crippen LogP contribution in [0.2, 0.25) is 0 Å². The number of carbonyl (C=O) groups excluding carboxylic acids is 1. The number of hydrogen-bond donors (Lipinski definition) is 1. The molecule has 0 radical (unpaired) electrons. The van der Waals surface area contributed by atoms with Crippen LogP contribution in [-0.2, 0) is 4.79 Å². The van der Waals surface area contributed by atoms with Crippen LogP contribution in [0.4, 0.5) is 0 Å². The first kappa shape index (κ1) is 10.1. The van der Waals surface area contributed by atoms with Crippen molar-refractivity contribution in [3.05, 3.63) is 0 Å². The van der Waals surface area contributed by atoms with Gasteiger partial charge in [0.1, 0.15) is 5.92 Å². The third-order valence-electron chi connectivity index (χ3n) is 1.28. The van der Waals surface area contributed by atoms with Gasteiger partial charge in [-0.25, -0.2) is 0 Å². The molecule has 0 aromatic heterocycles. The van der Waals surface area contributed by atoms with E-state index in [9.17, 15) is 9.90 Å². The molecule has 0 aliphatic carbocycles. The Morgan fingerprint density at radius 1 is 1.73 bits per heavy atom. The third kappa shape index (κ3) is 4.51. The molecule has 0 fully saturated rings. The summed E-state index contributed by atoms with van der Waals surface area (Å²) < 4.78 is 0. The molecule has 0 unspecified atom stereocenters. The minimum atomic E-state index is -0.998. The fraction of sp³-hybridized carbons (Fsp3) is 0.750. The highest BCUT2D eigenvalue weighted by molar-refractivity contribution is 5.83. The average Bonchev–Trinajstić information content (AvgIpc) is 1.82. The Balaban J connectivity index is 4.01. The fourth-order valence-corrected chi connectivity index (χ4v) is 0.651. The van der Waals surface area contributed by atoms with Gasteiger partial charge in [0.05, 0.1) is 11.7 Å². The molecule has 1 N–H and O–H groups in total. The number of hydrogen-bond acceptors (Lipinski definition) is 3. The molecule has 0 heterocycles. The Hall–Kier alpha value is -0.880. The van der Waals surface area contributed by atoms with Crippen molar-refractivity contribution in [1.29, 1.82) is 5.26 Å². The minimum Gasteiger partial charge on any atom is -0.390 e.